The second kappa shape index (κ2) is 6.94. The third-order valence-electron chi connectivity index (χ3n) is 2.22. The molecule has 0 bridgehead atoms. The number of urea groups is 1. The molecular formula is C12H10N2O7. The van der Waals surface area contributed by atoms with Gasteiger partial charge in [-0.2, -0.15) is 5.06 Å². The zero-order valence-electron chi connectivity index (χ0n) is 10.8. The van der Waals surface area contributed by atoms with Crippen molar-refractivity contribution in [1.82, 2.24) is 0 Å². The maximum Gasteiger partial charge on any atom is 0.383 e. The summed E-state index contributed by atoms with van der Waals surface area (Å²) in [5.74, 6) is -2.77. The minimum atomic E-state index is -1.39. The summed E-state index contributed by atoms with van der Waals surface area (Å²) in [4.78, 5) is 51.4. The molecule has 0 radical (unpaired) electrons. The average Bonchev–Trinajstić information content (AvgIpc) is 2.44. The van der Waals surface area contributed by atoms with Gasteiger partial charge in [0.05, 0.1) is 23.4 Å². The van der Waals surface area contributed by atoms with Crippen LogP contribution in [-0.4, -0.2) is 40.9 Å². The van der Waals surface area contributed by atoms with Gasteiger partial charge in [-0.15, -0.1) is 4.99 Å². The van der Waals surface area contributed by atoms with E-state index in [0.717, 1.165) is 24.3 Å². The molecule has 0 spiro atoms. The van der Waals surface area contributed by atoms with E-state index < -0.39 is 18.0 Å². The molecule has 0 aliphatic rings. The number of carboxylic acids is 2. The van der Waals surface area contributed by atoms with Crippen molar-refractivity contribution in [3.8, 4) is 0 Å². The van der Waals surface area contributed by atoms with Crippen LogP contribution in [0.1, 0.15) is 27.6 Å². The molecule has 0 saturated heterocycles. The van der Waals surface area contributed by atoms with Crippen LogP contribution in [0.15, 0.2) is 23.2 Å². The van der Waals surface area contributed by atoms with Crippen molar-refractivity contribution in [2.24, 2.45) is 4.99 Å². The Kier molecular flexibility index (Phi) is 5.30. The Morgan fingerprint density at radius 2 is 1.71 bits per heavy atom. The van der Waals surface area contributed by atoms with E-state index in [2.05, 4.69) is 4.99 Å². The average molecular weight is 294 g/mol. The number of carbonyl (C=O) groups excluding carboxylic acids is 2. The fourth-order valence-electron chi connectivity index (χ4n) is 1.43. The maximum atomic E-state index is 11.6. The summed E-state index contributed by atoms with van der Waals surface area (Å²) >= 11 is 0. The smallest absolute Gasteiger partial charge is 0.383 e. The molecule has 9 heteroatoms. The topological polar surface area (TPSA) is 134 Å². The number of rotatable bonds is 5. The van der Waals surface area contributed by atoms with Gasteiger partial charge in [-0.25, -0.2) is 19.2 Å². The highest BCUT2D eigenvalue weighted by atomic mass is 16.7. The van der Waals surface area contributed by atoms with Crippen molar-refractivity contribution in [3.05, 3.63) is 29.3 Å². The summed E-state index contributed by atoms with van der Waals surface area (Å²) < 4.78 is 0. The molecule has 0 heterocycles. The molecule has 1 aromatic carbocycles. The van der Waals surface area contributed by atoms with Crippen LogP contribution in [0.3, 0.4) is 0 Å². The second-order valence-corrected chi connectivity index (χ2v) is 3.58. The van der Waals surface area contributed by atoms with Gasteiger partial charge in [-0.05, 0) is 25.1 Å². The van der Waals surface area contributed by atoms with Gasteiger partial charge in [-0.1, -0.05) is 0 Å². The summed E-state index contributed by atoms with van der Waals surface area (Å²) in [6, 6.07) is 1.79. The van der Waals surface area contributed by atoms with E-state index >= 15 is 0 Å². The third-order valence-corrected chi connectivity index (χ3v) is 2.22. The summed E-state index contributed by atoms with van der Waals surface area (Å²) in [5, 5.41) is 18.4. The van der Waals surface area contributed by atoms with E-state index in [9.17, 15) is 19.2 Å². The van der Waals surface area contributed by atoms with E-state index in [4.69, 9.17) is 15.1 Å². The highest BCUT2D eigenvalue weighted by Gasteiger charge is 2.20. The first-order chi connectivity index (χ1) is 9.90. The largest absolute Gasteiger partial charge is 0.478 e. The van der Waals surface area contributed by atoms with Gasteiger partial charge in [0, 0.05) is 0 Å². The number of hydrogen-bond donors (Lipinski definition) is 2. The Labute approximate surface area is 118 Å². The lowest BCUT2D eigenvalue weighted by Gasteiger charge is -2.19. The third kappa shape index (κ3) is 3.96. The lowest BCUT2D eigenvalue weighted by Crippen LogP contribution is -2.29. The molecule has 1 aromatic rings. The molecule has 2 amide bonds. The molecule has 1 rings (SSSR count). The van der Waals surface area contributed by atoms with Gasteiger partial charge in [0.2, 0.25) is 6.08 Å². The summed E-state index contributed by atoms with van der Waals surface area (Å²) in [5.41, 5.74) is -0.909. The molecule has 21 heavy (non-hydrogen) atoms. The quantitative estimate of drug-likeness (QED) is 0.474. The number of nitrogens with zero attached hydrogens (tertiary/aromatic N) is 2. The number of carbonyl (C=O) groups is 3. The first kappa shape index (κ1) is 16.0. The number of aliphatic imine (C=N–C) groups is 1. The zero-order chi connectivity index (χ0) is 16.0. The number of hydrogen-bond acceptors (Lipinski definition) is 5. The van der Waals surface area contributed by atoms with Crippen molar-refractivity contribution >= 4 is 29.7 Å². The lowest BCUT2D eigenvalue weighted by atomic mass is 10.1. The van der Waals surface area contributed by atoms with E-state index in [-0.39, 0.29) is 23.4 Å². The predicted octanol–water partition coefficient (Wildman–Crippen LogP) is 1.30. The van der Waals surface area contributed by atoms with Gasteiger partial charge in [0.25, 0.3) is 0 Å². The number of aromatic carboxylic acids is 2. The normalized spacial score (nSPS) is 9.57. The Balaban J connectivity index is 3.42. The highest BCUT2D eigenvalue weighted by molar-refractivity contribution is 5.99. The lowest BCUT2D eigenvalue weighted by molar-refractivity contribution is 0.0696. The molecule has 0 fully saturated rings. The van der Waals surface area contributed by atoms with E-state index in [1.165, 1.54) is 6.92 Å². The Hall–Kier alpha value is -3.03. The van der Waals surface area contributed by atoms with Crippen LogP contribution >= 0.6 is 0 Å². The van der Waals surface area contributed by atoms with E-state index in [1.807, 2.05) is 0 Å². The number of isocyanates is 1. The molecule has 0 unspecified atom stereocenters. The molecular weight excluding hydrogens is 284 g/mol. The van der Waals surface area contributed by atoms with E-state index in [1.54, 1.807) is 0 Å². The van der Waals surface area contributed by atoms with Crippen LogP contribution in [0.5, 0.6) is 0 Å². The maximum absolute atomic E-state index is 11.6. The first-order valence-electron chi connectivity index (χ1n) is 5.57. The Bertz CT molecular complexity index is 602. The number of amides is 2. The summed E-state index contributed by atoms with van der Waals surface area (Å²) in [7, 11) is 0. The van der Waals surface area contributed by atoms with Gasteiger partial charge in [0.15, 0.2) is 0 Å². The van der Waals surface area contributed by atoms with Crippen LogP contribution < -0.4 is 5.06 Å². The standard InChI is InChI=1S/C12H10N2O7/c1-2-21-14(12(20)13-6-15)9-4-7(10(16)17)3-8(5-9)11(18)19/h3-5H,2H2,1H3,(H,16,17)(H,18,19). The monoisotopic (exact) mass is 294 g/mol. The minimum absolute atomic E-state index is 0.000178. The van der Waals surface area contributed by atoms with Crippen molar-refractivity contribution in [2.45, 2.75) is 6.92 Å². The van der Waals surface area contributed by atoms with Gasteiger partial charge >= 0.3 is 18.0 Å². The first-order valence-corrected chi connectivity index (χ1v) is 5.57. The second-order valence-electron chi connectivity index (χ2n) is 3.58. The molecule has 0 aromatic heterocycles. The number of hydroxylamine groups is 1. The molecule has 0 aliphatic heterocycles. The highest BCUT2D eigenvalue weighted by Crippen LogP contribution is 2.21. The van der Waals surface area contributed by atoms with Crippen LogP contribution in [0.25, 0.3) is 0 Å². The summed E-state index contributed by atoms with van der Waals surface area (Å²) in [6.07, 6.45) is 1.02. The fraction of sp³-hybridized carbons (Fsp3) is 0.167. The van der Waals surface area contributed by atoms with Crippen LogP contribution in [0.4, 0.5) is 10.5 Å². The molecule has 110 valence electrons. The number of carboxylic acid groups (broad SMARTS) is 2. The van der Waals surface area contributed by atoms with Crippen LogP contribution in [0, 0.1) is 0 Å². The van der Waals surface area contributed by atoms with Gasteiger partial charge in [-0.3, -0.25) is 4.84 Å². The zero-order valence-corrected chi connectivity index (χ0v) is 10.8. The van der Waals surface area contributed by atoms with Crippen molar-refractivity contribution in [2.75, 3.05) is 11.7 Å². The molecule has 0 atom stereocenters. The van der Waals surface area contributed by atoms with E-state index in [0.29, 0.717) is 5.06 Å². The van der Waals surface area contributed by atoms with Crippen LogP contribution in [0.2, 0.25) is 0 Å². The van der Waals surface area contributed by atoms with Crippen molar-refractivity contribution in [3.63, 3.8) is 0 Å². The SMILES string of the molecule is CCON(C(=O)N=C=O)c1cc(C(=O)O)cc(C(=O)O)c1. The van der Waals surface area contributed by atoms with Crippen molar-refractivity contribution < 1.29 is 34.2 Å². The molecule has 0 saturated carbocycles. The minimum Gasteiger partial charge on any atom is -0.478 e. The van der Waals surface area contributed by atoms with Crippen molar-refractivity contribution in [1.29, 1.82) is 0 Å². The molecule has 2 N–H and O–H groups in total. The summed E-state index contributed by atoms with van der Waals surface area (Å²) in [6.45, 7) is 1.53. The predicted molar refractivity (Wildman–Crippen MR) is 68.0 cm³/mol. The fourth-order valence-corrected chi connectivity index (χ4v) is 1.43. The molecule has 9 nitrogen and oxygen atoms in total. The Morgan fingerprint density at radius 1 is 1.19 bits per heavy atom. The molecule has 0 aliphatic carbocycles. The number of benzene rings is 1. The number of anilines is 1. The Morgan fingerprint density at radius 3 is 2.10 bits per heavy atom. The van der Waals surface area contributed by atoms with Gasteiger partial charge in [0.1, 0.15) is 0 Å². The van der Waals surface area contributed by atoms with Gasteiger partial charge < -0.3 is 10.2 Å². The van der Waals surface area contributed by atoms with Crippen LogP contribution in [-0.2, 0) is 9.63 Å².